The number of nitrogens with zero attached hydrogens (tertiary/aromatic N) is 5. The number of methoxy groups -OCH3 is 1. The van der Waals surface area contributed by atoms with Crippen LogP contribution in [0.15, 0.2) is 107 Å². The number of hydrogen-bond acceptors (Lipinski definition) is 9. The number of para-hydroxylation sites is 1. The smallest absolute Gasteiger partial charge is 0.320 e. The maximum Gasteiger partial charge on any atom is 0.320 e. The van der Waals surface area contributed by atoms with E-state index in [4.69, 9.17) is 24.0 Å². The molecule has 2 amide bonds. The van der Waals surface area contributed by atoms with Crippen molar-refractivity contribution in [1.82, 2.24) is 29.7 Å². The van der Waals surface area contributed by atoms with Crippen LogP contribution in [0.5, 0.6) is 11.5 Å². The lowest BCUT2D eigenvalue weighted by Gasteiger charge is -2.22. The third kappa shape index (κ3) is 8.87. The predicted octanol–water partition coefficient (Wildman–Crippen LogP) is 8.28. The second kappa shape index (κ2) is 16.8. The van der Waals surface area contributed by atoms with Gasteiger partial charge in [0.05, 0.1) is 30.7 Å². The molecule has 0 saturated carbocycles. The van der Waals surface area contributed by atoms with Gasteiger partial charge in [0.1, 0.15) is 23.9 Å². The van der Waals surface area contributed by atoms with Crippen LogP contribution in [-0.4, -0.2) is 63.6 Å². The van der Waals surface area contributed by atoms with Crippen LogP contribution in [0.3, 0.4) is 0 Å². The van der Waals surface area contributed by atoms with Crippen molar-refractivity contribution in [2.45, 2.75) is 68.1 Å². The predicted molar refractivity (Wildman–Crippen MR) is 209 cm³/mol. The van der Waals surface area contributed by atoms with E-state index in [1.807, 2.05) is 102 Å². The average Bonchev–Trinajstić information content (AvgIpc) is 3.81. The van der Waals surface area contributed by atoms with Crippen LogP contribution in [0.4, 0.5) is 10.6 Å². The first-order valence-corrected chi connectivity index (χ1v) is 18.9. The summed E-state index contributed by atoms with van der Waals surface area (Å²) in [5.41, 5.74) is 3.91. The quantitative estimate of drug-likeness (QED) is 0.112. The summed E-state index contributed by atoms with van der Waals surface area (Å²) in [6, 6.07) is 29.0. The molecule has 3 aromatic carbocycles. The molecule has 12 nitrogen and oxygen atoms in total. The molecule has 54 heavy (non-hydrogen) atoms. The van der Waals surface area contributed by atoms with E-state index in [0.29, 0.717) is 37.2 Å². The van der Waals surface area contributed by atoms with Gasteiger partial charge in [0.25, 0.3) is 0 Å². The third-order valence-corrected chi connectivity index (χ3v) is 10.0. The van der Waals surface area contributed by atoms with Crippen LogP contribution in [0.1, 0.15) is 51.3 Å². The minimum Gasteiger partial charge on any atom is -0.496 e. The molecule has 3 aromatic heterocycles. The van der Waals surface area contributed by atoms with E-state index in [-0.39, 0.29) is 17.7 Å². The van der Waals surface area contributed by atoms with Crippen LogP contribution >= 0.6 is 11.8 Å². The van der Waals surface area contributed by atoms with Crippen molar-refractivity contribution in [3.05, 3.63) is 108 Å². The Balaban J connectivity index is 1.03. The molecule has 1 aliphatic heterocycles. The fourth-order valence-corrected chi connectivity index (χ4v) is 7.04. The van der Waals surface area contributed by atoms with Crippen molar-refractivity contribution in [1.29, 1.82) is 0 Å². The van der Waals surface area contributed by atoms with Gasteiger partial charge in [-0.25, -0.2) is 9.48 Å². The highest BCUT2D eigenvalue weighted by molar-refractivity contribution is 7.99. The molecular weight excluding hydrogens is 703 g/mol. The summed E-state index contributed by atoms with van der Waals surface area (Å²) in [4.78, 5) is 15.5. The molecular formula is C41H45N7O5S. The van der Waals surface area contributed by atoms with Gasteiger partial charge in [0.2, 0.25) is 0 Å². The summed E-state index contributed by atoms with van der Waals surface area (Å²) < 4.78 is 26.8. The zero-order valence-electron chi connectivity index (χ0n) is 31.0. The number of aromatic nitrogens is 5. The summed E-state index contributed by atoms with van der Waals surface area (Å²) >= 11 is 1.60. The molecule has 4 heterocycles. The van der Waals surface area contributed by atoms with Gasteiger partial charge in [-0.3, -0.25) is 9.72 Å². The summed E-state index contributed by atoms with van der Waals surface area (Å²) in [6.07, 6.45) is 4.97. The lowest BCUT2D eigenvalue weighted by atomic mass is 9.92. The maximum absolute atomic E-state index is 13.5. The molecule has 280 valence electrons. The topological polar surface area (TPSA) is 126 Å². The lowest BCUT2D eigenvalue weighted by molar-refractivity contribution is -0.165. The number of carbonyl (C=O) groups is 1. The SMILES string of the molecule is COc1ccccc1-c1nnc2ccc(Sc3ccccc3CNC(=O)Nc3cc(C(C)(C)C)nn3-c3cccc(OCCOC4CCCCO4)c3)cn12. The number of rotatable bonds is 13. The molecule has 0 spiro atoms. The molecule has 1 unspecified atom stereocenters. The Hall–Kier alpha value is -5.37. The number of hydrogen-bond donors (Lipinski definition) is 2. The number of anilines is 1. The van der Waals surface area contributed by atoms with E-state index < -0.39 is 0 Å². The molecule has 1 fully saturated rings. The molecule has 7 rings (SSSR count). The van der Waals surface area contributed by atoms with Crippen LogP contribution in [0, 0.1) is 0 Å². The zero-order chi connectivity index (χ0) is 37.5. The highest BCUT2D eigenvalue weighted by Gasteiger charge is 2.22. The van der Waals surface area contributed by atoms with E-state index in [9.17, 15) is 4.79 Å². The Morgan fingerprint density at radius 1 is 0.963 bits per heavy atom. The molecule has 2 N–H and O–H groups in total. The van der Waals surface area contributed by atoms with Crippen LogP contribution < -0.4 is 20.1 Å². The van der Waals surface area contributed by atoms with E-state index in [1.54, 1.807) is 23.6 Å². The van der Waals surface area contributed by atoms with Gasteiger partial charge in [0.15, 0.2) is 17.8 Å². The van der Waals surface area contributed by atoms with Crippen LogP contribution in [-0.2, 0) is 21.4 Å². The number of ether oxygens (including phenoxy) is 4. The fraction of sp³-hybridized carbons (Fsp3) is 0.317. The normalized spacial score (nSPS) is 14.6. The zero-order valence-corrected chi connectivity index (χ0v) is 31.8. The average molecular weight is 748 g/mol. The molecule has 1 atom stereocenters. The minimum absolute atomic E-state index is 0.157. The molecule has 1 aliphatic rings. The van der Waals surface area contributed by atoms with Gasteiger partial charge in [-0.15, -0.1) is 10.2 Å². The number of fused-ring (bicyclic) bond motifs is 1. The molecule has 6 aromatic rings. The van der Waals surface area contributed by atoms with Crippen molar-refractivity contribution >= 4 is 29.3 Å². The Labute approximate surface area is 319 Å². The second-order valence-corrected chi connectivity index (χ2v) is 15.0. The largest absolute Gasteiger partial charge is 0.496 e. The molecule has 13 heteroatoms. The van der Waals surface area contributed by atoms with Crippen LogP contribution in [0.2, 0.25) is 0 Å². The van der Waals surface area contributed by atoms with E-state index in [0.717, 1.165) is 69.6 Å². The number of urea groups is 1. The van der Waals surface area contributed by atoms with Crippen molar-refractivity contribution < 1.29 is 23.7 Å². The standard InChI is InChI=1S/C41H45N7O5S/c1-41(2,3)35-25-37(48(46-35)29-13-11-14-30(24-29)51-22-23-53-38-18-9-10-21-52-38)43-40(49)42-26-28-12-5-8-17-34(28)54-31-19-20-36-44-45-39(47(36)27-31)32-15-6-7-16-33(32)50-4/h5-8,11-17,19-20,24-25,27,38H,9-10,18,21-23,26H2,1-4H3,(H2,42,43,49). The first-order chi connectivity index (χ1) is 26.2. The summed E-state index contributed by atoms with van der Waals surface area (Å²) in [5.74, 6) is 2.64. The van der Waals surface area contributed by atoms with Gasteiger partial charge in [-0.2, -0.15) is 5.10 Å². The molecule has 0 bridgehead atoms. The lowest BCUT2D eigenvalue weighted by Crippen LogP contribution is -2.29. The number of carbonyl (C=O) groups excluding carboxylic acids is 1. The highest BCUT2D eigenvalue weighted by Crippen LogP contribution is 2.34. The van der Waals surface area contributed by atoms with Gasteiger partial charge in [-0.1, -0.05) is 68.9 Å². The molecule has 0 radical (unpaired) electrons. The van der Waals surface area contributed by atoms with Crippen molar-refractivity contribution in [2.24, 2.45) is 0 Å². The van der Waals surface area contributed by atoms with Crippen molar-refractivity contribution in [2.75, 3.05) is 32.2 Å². The van der Waals surface area contributed by atoms with E-state index in [1.165, 1.54) is 0 Å². The summed E-state index contributed by atoms with van der Waals surface area (Å²) in [5, 5.41) is 19.8. The summed E-state index contributed by atoms with van der Waals surface area (Å²) in [6.45, 7) is 8.15. The van der Waals surface area contributed by atoms with E-state index in [2.05, 4.69) is 41.6 Å². The van der Waals surface area contributed by atoms with Crippen LogP contribution in [0.25, 0.3) is 22.7 Å². The Morgan fingerprint density at radius 2 is 1.81 bits per heavy atom. The number of amides is 2. The number of benzene rings is 3. The van der Waals surface area contributed by atoms with Crippen molar-refractivity contribution in [3.8, 4) is 28.6 Å². The third-order valence-electron chi connectivity index (χ3n) is 8.94. The number of nitrogens with one attached hydrogen (secondary N) is 2. The summed E-state index contributed by atoms with van der Waals surface area (Å²) in [7, 11) is 1.65. The first-order valence-electron chi connectivity index (χ1n) is 18.1. The molecule has 1 saturated heterocycles. The highest BCUT2D eigenvalue weighted by atomic mass is 32.2. The Kier molecular flexibility index (Phi) is 11.5. The van der Waals surface area contributed by atoms with Crippen molar-refractivity contribution in [3.63, 3.8) is 0 Å². The monoisotopic (exact) mass is 747 g/mol. The van der Waals surface area contributed by atoms with Gasteiger partial charge >= 0.3 is 6.03 Å². The van der Waals surface area contributed by atoms with Gasteiger partial charge in [-0.05, 0) is 67.3 Å². The second-order valence-electron chi connectivity index (χ2n) is 13.9. The van der Waals surface area contributed by atoms with E-state index >= 15 is 0 Å². The van der Waals surface area contributed by atoms with Gasteiger partial charge in [0, 0.05) is 46.7 Å². The maximum atomic E-state index is 13.5. The Morgan fingerprint density at radius 3 is 2.65 bits per heavy atom. The number of pyridine rings is 1. The Bertz CT molecular complexity index is 2210. The minimum atomic E-state index is -0.349. The van der Waals surface area contributed by atoms with Gasteiger partial charge < -0.3 is 24.3 Å². The first kappa shape index (κ1) is 37.0. The fourth-order valence-electron chi connectivity index (χ4n) is 6.08. The molecule has 0 aliphatic carbocycles.